The number of hydrogen-bond donors (Lipinski definition) is 2. The molecule has 0 bridgehead atoms. The van der Waals surface area contributed by atoms with Crippen molar-refractivity contribution in [1.29, 1.82) is 0 Å². The minimum atomic E-state index is -0.989. The third kappa shape index (κ3) is 2.82. The zero-order chi connectivity index (χ0) is 17.4. The Morgan fingerprint density at radius 3 is 2.50 bits per heavy atom. The van der Waals surface area contributed by atoms with Gasteiger partial charge in [0.25, 0.3) is 0 Å². The van der Waals surface area contributed by atoms with Crippen LogP contribution in [-0.2, 0) is 11.2 Å². The summed E-state index contributed by atoms with van der Waals surface area (Å²) >= 11 is 6.01. The van der Waals surface area contributed by atoms with Crippen molar-refractivity contribution in [3.8, 4) is 5.75 Å². The standard InChI is InChI=1S/C17H19ClN2O4/c1-10-11(8-16(22)23)12-7-15(21)13(18)9-14(12)20(10)17(24)19-5-3-2-4-6-19/h7,9,21H,2-6,8H2,1H3,(H,22,23). The van der Waals surface area contributed by atoms with Gasteiger partial charge in [-0.15, -0.1) is 0 Å². The van der Waals surface area contributed by atoms with Gasteiger partial charge in [-0.3, -0.25) is 9.36 Å². The molecule has 1 fully saturated rings. The Balaban J connectivity index is 2.18. The molecule has 1 aromatic carbocycles. The molecule has 1 saturated heterocycles. The van der Waals surface area contributed by atoms with Gasteiger partial charge in [-0.25, -0.2) is 4.79 Å². The maximum Gasteiger partial charge on any atom is 0.328 e. The summed E-state index contributed by atoms with van der Waals surface area (Å²) in [5, 5.41) is 19.7. The maximum absolute atomic E-state index is 13.0. The number of carboxylic acid groups (broad SMARTS) is 1. The monoisotopic (exact) mass is 350 g/mol. The molecule has 3 rings (SSSR count). The summed E-state index contributed by atoms with van der Waals surface area (Å²) in [7, 11) is 0. The third-order valence-electron chi connectivity index (χ3n) is 4.55. The molecule has 1 aromatic heterocycles. The van der Waals surface area contributed by atoms with Gasteiger partial charge < -0.3 is 15.1 Å². The number of hydrogen-bond acceptors (Lipinski definition) is 3. The van der Waals surface area contributed by atoms with Crippen molar-refractivity contribution >= 4 is 34.5 Å². The van der Waals surface area contributed by atoms with Crippen LogP contribution in [0.25, 0.3) is 10.9 Å². The number of amides is 1. The first-order valence-corrected chi connectivity index (χ1v) is 8.31. The molecule has 1 aliphatic rings. The fourth-order valence-corrected chi connectivity index (χ4v) is 3.49. The Kier molecular flexibility index (Phi) is 4.41. The molecule has 0 spiro atoms. The number of fused-ring (bicyclic) bond motifs is 1. The van der Waals surface area contributed by atoms with Gasteiger partial charge in [-0.2, -0.15) is 0 Å². The molecule has 7 heteroatoms. The number of phenolic OH excluding ortho intramolecular Hbond substituents is 1. The van der Waals surface area contributed by atoms with Gasteiger partial charge in [0.2, 0.25) is 0 Å². The molecule has 0 saturated carbocycles. The van der Waals surface area contributed by atoms with Crippen LogP contribution in [0.5, 0.6) is 5.75 Å². The lowest BCUT2D eigenvalue weighted by molar-refractivity contribution is -0.136. The number of aromatic nitrogens is 1. The van der Waals surface area contributed by atoms with E-state index in [1.165, 1.54) is 16.7 Å². The van der Waals surface area contributed by atoms with Gasteiger partial charge in [0.05, 0.1) is 17.0 Å². The predicted octanol–water partition coefficient (Wildman–Crippen LogP) is 3.39. The smallest absolute Gasteiger partial charge is 0.328 e. The van der Waals surface area contributed by atoms with E-state index in [-0.39, 0.29) is 23.2 Å². The van der Waals surface area contributed by atoms with Gasteiger partial charge in [0.1, 0.15) is 5.75 Å². The van der Waals surface area contributed by atoms with Crippen molar-refractivity contribution in [1.82, 2.24) is 9.47 Å². The first-order valence-electron chi connectivity index (χ1n) is 7.93. The lowest BCUT2D eigenvalue weighted by Gasteiger charge is -2.27. The Labute approximate surface area is 144 Å². The number of halogens is 1. The van der Waals surface area contributed by atoms with Crippen molar-refractivity contribution in [2.45, 2.75) is 32.6 Å². The maximum atomic E-state index is 13.0. The van der Waals surface area contributed by atoms with Crippen LogP contribution in [0.1, 0.15) is 30.5 Å². The van der Waals surface area contributed by atoms with E-state index in [9.17, 15) is 19.8 Å². The highest BCUT2D eigenvalue weighted by molar-refractivity contribution is 6.32. The van der Waals surface area contributed by atoms with Crippen LogP contribution in [0, 0.1) is 6.92 Å². The third-order valence-corrected chi connectivity index (χ3v) is 4.85. The van der Waals surface area contributed by atoms with Gasteiger partial charge in [0, 0.05) is 24.2 Å². The minimum absolute atomic E-state index is 0.127. The quantitative estimate of drug-likeness (QED) is 0.869. The van der Waals surface area contributed by atoms with Crippen molar-refractivity contribution in [3.05, 3.63) is 28.4 Å². The largest absolute Gasteiger partial charge is 0.506 e. The highest BCUT2D eigenvalue weighted by atomic mass is 35.5. The fourth-order valence-electron chi connectivity index (χ4n) is 3.34. The average molecular weight is 351 g/mol. The SMILES string of the molecule is Cc1c(CC(=O)O)c2cc(O)c(Cl)cc2n1C(=O)N1CCCCC1. The summed E-state index contributed by atoms with van der Waals surface area (Å²) < 4.78 is 1.52. The average Bonchev–Trinajstić information content (AvgIpc) is 2.80. The van der Waals surface area contributed by atoms with E-state index in [0.717, 1.165) is 19.3 Å². The second-order valence-electron chi connectivity index (χ2n) is 6.12. The normalized spacial score (nSPS) is 15.0. The number of phenols is 1. The molecule has 0 aliphatic carbocycles. The van der Waals surface area contributed by atoms with Crippen molar-refractivity contribution in [2.75, 3.05) is 13.1 Å². The van der Waals surface area contributed by atoms with E-state index < -0.39 is 5.97 Å². The molecule has 0 radical (unpaired) electrons. The van der Waals surface area contributed by atoms with Gasteiger partial charge in [0.15, 0.2) is 0 Å². The molecule has 0 atom stereocenters. The molecule has 128 valence electrons. The van der Waals surface area contributed by atoms with Crippen LogP contribution in [-0.4, -0.2) is 44.8 Å². The molecule has 2 aromatic rings. The second kappa shape index (κ2) is 6.36. The highest BCUT2D eigenvalue weighted by Crippen LogP contribution is 2.35. The van der Waals surface area contributed by atoms with Crippen molar-refractivity contribution < 1.29 is 19.8 Å². The summed E-state index contributed by atoms with van der Waals surface area (Å²) in [5.41, 5.74) is 1.63. The summed E-state index contributed by atoms with van der Waals surface area (Å²) in [6, 6.07) is 2.78. The zero-order valence-electron chi connectivity index (χ0n) is 13.4. The minimum Gasteiger partial charge on any atom is -0.506 e. The predicted molar refractivity (Wildman–Crippen MR) is 90.9 cm³/mol. The van der Waals surface area contributed by atoms with Crippen LogP contribution in [0.15, 0.2) is 12.1 Å². The first-order chi connectivity index (χ1) is 11.4. The fraction of sp³-hybridized carbons (Fsp3) is 0.412. The number of aliphatic carboxylic acids is 1. The number of aromatic hydroxyl groups is 1. The van der Waals surface area contributed by atoms with Crippen LogP contribution in [0.3, 0.4) is 0 Å². The Morgan fingerprint density at radius 1 is 1.21 bits per heavy atom. The molecule has 24 heavy (non-hydrogen) atoms. The summed E-state index contributed by atoms with van der Waals surface area (Å²) in [4.78, 5) is 25.9. The number of carbonyl (C=O) groups excluding carboxylic acids is 1. The first kappa shape index (κ1) is 16.6. The number of likely N-dealkylation sites (tertiary alicyclic amines) is 1. The molecule has 6 nitrogen and oxygen atoms in total. The van der Waals surface area contributed by atoms with Crippen LogP contribution in [0.4, 0.5) is 4.79 Å². The zero-order valence-corrected chi connectivity index (χ0v) is 14.1. The molecular formula is C17H19ClN2O4. The second-order valence-corrected chi connectivity index (χ2v) is 6.53. The van der Waals surface area contributed by atoms with E-state index in [0.29, 0.717) is 35.2 Å². The van der Waals surface area contributed by atoms with Gasteiger partial charge in [-0.1, -0.05) is 11.6 Å². The van der Waals surface area contributed by atoms with Crippen molar-refractivity contribution in [3.63, 3.8) is 0 Å². The summed E-state index contributed by atoms with van der Waals surface area (Å²) in [6.07, 6.45) is 2.82. The molecular weight excluding hydrogens is 332 g/mol. The molecule has 2 heterocycles. The molecule has 2 N–H and O–H groups in total. The Hall–Kier alpha value is -2.21. The number of piperidine rings is 1. The lowest BCUT2D eigenvalue weighted by atomic mass is 10.1. The van der Waals surface area contributed by atoms with Crippen LogP contribution >= 0.6 is 11.6 Å². The number of benzene rings is 1. The topological polar surface area (TPSA) is 82.8 Å². The number of carbonyl (C=O) groups is 2. The highest BCUT2D eigenvalue weighted by Gasteiger charge is 2.25. The van der Waals surface area contributed by atoms with E-state index in [1.54, 1.807) is 11.8 Å². The lowest BCUT2D eigenvalue weighted by Crippen LogP contribution is -2.38. The van der Waals surface area contributed by atoms with E-state index in [2.05, 4.69) is 0 Å². The van der Waals surface area contributed by atoms with Crippen molar-refractivity contribution in [2.24, 2.45) is 0 Å². The summed E-state index contributed by atoms with van der Waals surface area (Å²) in [6.45, 7) is 3.11. The van der Waals surface area contributed by atoms with Gasteiger partial charge >= 0.3 is 12.0 Å². The van der Waals surface area contributed by atoms with E-state index >= 15 is 0 Å². The molecule has 1 aliphatic heterocycles. The van der Waals surface area contributed by atoms with Crippen LogP contribution in [0.2, 0.25) is 5.02 Å². The number of nitrogens with zero attached hydrogens (tertiary/aromatic N) is 2. The van der Waals surface area contributed by atoms with E-state index in [1.807, 2.05) is 0 Å². The van der Waals surface area contributed by atoms with E-state index in [4.69, 9.17) is 11.6 Å². The van der Waals surface area contributed by atoms with Crippen LogP contribution < -0.4 is 0 Å². The number of carboxylic acids is 1. The summed E-state index contributed by atoms with van der Waals surface area (Å²) in [5.74, 6) is -1.12. The Bertz CT molecular complexity index is 822. The molecule has 1 amide bonds. The van der Waals surface area contributed by atoms with Gasteiger partial charge in [-0.05, 0) is 43.9 Å². The molecule has 0 unspecified atom stereocenters. The Morgan fingerprint density at radius 2 is 1.88 bits per heavy atom. The number of rotatable bonds is 2.